The fraction of sp³-hybridized carbons (Fsp3) is 0.235. The topological polar surface area (TPSA) is 55.1 Å². The molecule has 1 aliphatic rings. The lowest BCUT2D eigenvalue weighted by molar-refractivity contribution is 0.100. The lowest BCUT2D eigenvalue weighted by Crippen LogP contribution is -2.17. The van der Waals surface area contributed by atoms with E-state index < -0.39 is 0 Å². The van der Waals surface area contributed by atoms with Crippen LogP contribution in [0.4, 0.5) is 0 Å². The first-order valence-electron chi connectivity index (χ1n) is 6.91. The monoisotopic (exact) mass is 266 g/mol. The van der Waals surface area contributed by atoms with E-state index in [0.29, 0.717) is 17.5 Å². The fourth-order valence-electron chi connectivity index (χ4n) is 2.53. The van der Waals surface area contributed by atoms with Gasteiger partial charge in [0.05, 0.1) is 0 Å². The standard InChI is InChI=1S/C17H18N2O/c18-17(20)14-8-6-13(7-9-14)15-10-16(15)19-11-12-4-2-1-3-5-12/h1-9,15-16,19H,10-11H2,(H2,18,20). The minimum absolute atomic E-state index is 0.369. The predicted octanol–water partition coefficient (Wildman–Crippen LogP) is 2.43. The Labute approximate surface area is 118 Å². The van der Waals surface area contributed by atoms with Crippen molar-refractivity contribution in [1.29, 1.82) is 0 Å². The van der Waals surface area contributed by atoms with E-state index in [-0.39, 0.29) is 5.91 Å². The molecule has 0 spiro atoms. The Morgan fingerprint density at radius 1 is 1.10 bits per heavy atom. The molecule has 2 atom stereocenters. The number of primary amides is 1. The van der Waals surface area contributed by atoms with Crippen molar-refractivity contribution in [2.75, 3.05) is 0 Å². The van der Waals surface area contributed by atoms with Gasteiger partial charge in [-0.2, -0.15) is 0 Å². The molecule has 2 aromatic rings. The fourth-order valence-corrected chi connectivity index (χ4v) is 2.53. The van der Waals surface area contributed by atoms with Gasteiger partial charge in [0.2, 0.25) is 5.91 Å². The van der Waals surface area contributed by atoms with Crippen LogP contribution in [-0.2, 0) is 6.54 Å². The summed E-state index contributed by atoms with van der Waals surface area (Å²) in [6.07, 6.45) is 1.16. The molecule has 102 valence electrons. The Balaban J connectivity index is 1.55. The highest BCUT2D eigenvalue weighted by atomic mass is 16.1. The summed E-state index contributed by atoms with van der Waals surface area (Å²) in [4.78, 5) is 11.0. The van der Waals surface area contributed by atoms with Crippen LogP contribution in [0.2, 0.25) is 0 Å². The average Bonchev–Trinajstić information content (AvgIpc) is 3.26. The van der Waals surface area contributed by atoms with Gasteiger partial charge in [-0.05, 0) is 29.7 Å². The van der Waals surface area contributed by atoms with Gasteiger partial charge in [0.25, 0.3) is 0 Å². The molecule has 3 heteroatoms. The molecule has 0 heterocycles. The third-order valence-electron chi connectivity index (χ3n) is 3.82. The van der Waals surface area contributed by atoms with Crippen molar-refractivity contribution >= 4 is 5.91 Å². The zero-order valence-corrected chi connectivity index (χ0v) is 11.3. The first-order valence-corrected chi connectivity index (χ1v) is 6.91. The maximum atomic E-state index is 11.0. The average molecular weight is 266 g/mol. The number of carbonyl (C=O) groups is 1. The highest BCUT2D eigenvalue weighted by molar-refractivity contribution is 5.92. The van der Waals surface area contributed by atoms with Crippen LogP contribution >= 0.6 is 0 Å². The summed E-state index contributed by atoms with van der Waals surface area (Å²) in [6.45, 7) is 0.904. The Hall–Kier alpha value is -2.13. The van der Waals surface area contributed by atoms with Gasteiger partial charge in [0.1, 0.15) is 0 Å². The normalized spacial score (nSPS) is 20.6. The second kappa shape index (κ2) is 5.47. The van der Waals surface area contributed by atoms with Crippen LogP contribution in [-0.4, -0.2) is 11.9 Å². The smallest absolute Gasteiger partial charge is 0.248 e. The van der Waals surface area contributed by atoms with Gasteiger partial charge in [-0.1, -0.05) is 42.5 Å². The molecule has 0 saturated heterocycles. The van der Waals surface area contributed by atoms with E-state index >= 15 is 0 Å². The van der Waals surface area contributed by atoms with Gasteiger partial charge >= 0.3 is 0 Å². The van der Waals surface area contributed by atoms with E-state index in [0.717, 1.165) is 13.0 Å². The maximum Gasteiger partial charge on any atom is 0.248 e. The summed E-state index contributed by atoms with van der Waals surface area (Å²) in [5, 5.41) is 3.57. The SMILES string of the molecule is NC(=O)c1ccc(C2CC2NCc2ccccc2)cc1. The molecule has 20 heavy (non-hydrogen) atoms. The summed E-state index contributed by atoms with van der Waals surface area (Å²) in [7, 11) is 0. The summed E-state index contributed by atoms with van der Waals surface area (Å²) >= 11 is 0. The zero-order chi connectivity index (χ0) is 13.9. The first kappa shape index (κ1) is 12.9. The highest BCUT2D eigenvalue weighted by Gasteiger charge is 2.37. The van der Waals surface area contributed by atoms with Crippen molar-refractivity contribution in [1.82, 2.24) is 5.32 Å². The molecule has 1 fully saturated rings. The van der Waals surface area contributed by atoms with E-state index in [1.807, 2.05) is 30.3 Å². The van der Waals surface area contributed by atoms with Gasteiger partial charge in [-0.3, -0.25) is 4.79 Å². The Bertz CT molecular complexity index is 592. The number of benzene rings is 2. The van der Waals surface area contributed by atoms with Gasteiger partial charge in [-0.25, -0.2) is 0 Å². The number of hydrogen-bond acceptors (Lipinski definition) is 2. The number of amides is 1. The summed E-state index contributed by atoms with van der Waals surface area (Å²) in [5.74, 6) is 0.187. The van der Waals surface area contributed by atoms with Crippen LogP contribution in [0.25, 0.3) is 0 Å². The van der Waals surface area contributed by atoms with Gasteiger partial charge in [0.15, 0.2) is 0 Å². The van der Waals surface area contributed by atoms with Gasteiger partial charge in [0, 0.05) is 24.1 Å². The third kappa shape index (κ3) is 2.89. The van der Waals surface area contributed by atoms with Crippen molar-refractivity contribution in [3.8, 4) is 0 Å². The third-order valence-corrected chi connectivity index (χ3v) is 3.82. The van der Waals surface area contributed by atoms with Gasteiger partial charge < -0.3 is 11.1 Å². The van der Waals surface area contributed by atoms with Crippen LogP contribution in [0.5, 0.6) is 0 Å². The second-order valence-corrected chi connectivity index (χ2v) is 5.30. The number of carbonyl (C=O) groups excluding carboxylic acids is 1. The van der Waals surface area contributed by atoms with Crippen LogP contribution in [0.1, 0.15) is 33.8 Å². The number of nitrogens with one attached hydrogen (secondary N) is 1. The summed E-state index contributed by atoms with van der Waals surface area (Å²) < 4.78 is 0. The largest absolute Gasteiger partial charge is 0.366 e. The molecule has 3 nitrogen and oxygen atoms in total. The molecular weight excluding hydrogens is 248 g/mol. The number of rotatable bonds is 5. The lowest BCUT2D eigenvalue weighted by Gasteiger charge is -2.05. The van der Waals surface area contributed by atoms with Crippen LogP contribution < -0.4 is 11.1 Å². The minimum Gasteiger partial charge on any atom is -0.366 e. The van der Waals surface area contributed by atoms with E-state index in [2.05, 4.69) is 29.6 Å². The number of nitrogens with two attached hydrogens (primary N) is 1. The van der Waals surface area contributed by atoms with E-state index in [9.17, 15) is 4.79 Å². The van der Waals surface area contributed by atoms with E-state index in [4.69, 9.17) is 5.73 Å². The minimum atomic E-state index is -0.369. The molecule has 0 aliphatic heterocycles. The van der Waals surface area contributed by atoms with Crippen molar-refractivity contribution in [2.45, 2.75) is 24.9 Å². The molecule has 3 N–H and O–H groups in total. The first-order chi connectivity index (χ1) is 9.74. The van der Waals surface area contributed by atoms with Crippen molar-refractivity contribution in [3.63, 3.8) is 0 Å². The Morgan fingerprint density at radius 3 is 2.45 bits per heavy atom. The second-order valence-electron chi connectivity index (χ2n) is 5.30. The summed E-state index contributed by atoms with van der Waals surface area (Å²) in [6, 6.07) is 18.6. The quantitative estimate of drug-likeness (QED) is 0.873. The molecule has 0 radical (unpaired) electrons. The molecule has 0 bridgehead atoms. The highest BCUT2D eigenvalue weighted by Crippen LogP contribution is 2.40. The molecule has 1 aliphatic carbocycles. The molecule has 2 unspecified atom stereocenters. The maximum absolute atomic E-state index is 11.0. The molecule has 2 aromatic carbocycles. The molecule has 0 aromatic heterocycles. The predicted molar refractivity (Wildman–Crippen MR) is 79.4 cm³/mol. The van der Waals surface area contributed by atoms with Crippen LogP contribution in [0, 0.1) is 0 Å². The molecule has 3 rings (SSSR count). The Morgan fingerprint density at radius 2 is 1.80 bits per heavy atom. The van der Waals surface area contributed by atoms with Crippen molar-refractivity contribution < 1.29 is 4.79 Å². The van der Waals surface area contributed by atoms with Crippen molar-refractivity contribution in [2.24, 2.45) is 5.73 Å². The van der Waals surface area contributed by atoms with Crippen molar-refractivity contribution in [3.05, 3.63) is 71.3 Å². The zero-order valence-electron chi connectivity index (χ0n) is 11.3. The van der Waals surface area contributed by atoms with Gasteiger partial charge in [-0.15, -0.1) is 0 Å². The molecule has 1 saturated carbocycles. The summed E-state index contributed by atoms with van der Waals surface area (Å²) in [5.41, 5.74) is 8.40. The van der Waals surface area contributed by atoms with E-state index in [1.165, 1.54) is 11.1 Å². The van der Waals surface area contributed by atoms with E-state index in [1.54, 1.807) is 0 Å². The molecular formula is C17H18N2O. The molecule has 1 amide bonds. The van der Waals surface area contributed by atoms with Crippen LogP contribution in [0.3, 0.4) is 0 Å². The Kier molecular flexibility index (Phi) is 3.52. The van der Waals surface area contributed by atoms with Crippen LogP contribution in [0.15, 0.2) is 54.6 Å². The number of hydrogen-bond donors (Lipinski definition) is 2. The lowest BCUT2D eigenvalue weighted by atomic mass is 10.1.